The summed E-state index contributed by atoms with van der Waals surface area (Å²) in [5.41, 5.74) is 1.69. The van der Waals surface area contributed by atoms with Crippen molar-refractivity contribution in [2.45, 2.75) is 6.92 Å². The SMILES string of the molecule is Cc1cc(C(=O)O)ccc1NS(C)=O. The molecule has 76 valence electrons. The molecule has 0 aliphatic carbocycles. The van der Waals surface area contributed by atoms with Crippen LogP contribution >= 0.6 is 0 Å². The average molecular weight is 213 g/mol. The van der Waals surface area contributed by atoms with Gasteiger partial charge < -0.3 is 9.83 Å². The van der Waals surface area contributed by atoms with E-state index in [1.807, 2.05) is 0 Å². The van der Waals surface area contributed by atoms with Gasteiger partial charge in [0.15, 0.2) is 0 Å². The second-order valence-electron chi connectivity index (χ2n) is 2.89. The smallest absolute Gasteiger partial charge is 0.335 e. The van der Waals surface area contributed by atoms with Crippen molar-refractivity contribution < 1.29 is 14.1 Å². The van der Waals surface area contributed by atoms with Crippen LogP contribution in [0.2, 0.25) is 0 Å². The van der Waals surface area contributed by atoms with Gasteiger partial charge in [0.2, 0.25) is 0 Å². The van der Waals surface area contributed by atoms with Gasteiger partial charge in [-0.3, -0.25) is 0 Å². The molecule has 0 heterocycles. The van der Waals surface area contributed by atoms with Gasteiger partial charge in [-0.25, -0.2) is 9.00 Å². The predicted molar refractivity (Wildman–Crippen MR) is 55.8 cm³/mol. The van der Waals surface area contributed by atoms with E-state index in [-0.39, 0.29) is 5.56 Å². The Morgan fingerprint density at radius 3 is 2.57 bits per heavy atom. The van der Waals surface area contributed by atoms with Crippen molar-refractivity contribution in [2.75, 3.05) is 11.0 Å². The summed E-state index contributed by atoms with van der Waals surface area (Å²) < 4.78 is 13.6. The van der Waals surface area contributed by atoms with Crippen LogP contribution < -0.4 is 4.72 Å². The van der Waals surface area contributed by atoms with Gasteiger partial charge in [-0.15, -0.1) is 0 Å². The molecule has 0 fully saturated rings. The number of carboxylic acid groups (broad SMARTS) is 1. The lowest BCUT2D eigenvalue weighted by Gasteiger charge is -2.06. The summed E-state index contributed by atoms with van der Waals surface area (Å²) in [6.07, 6.45) is 1.52. The Hall–Kier alpha value is -1.36. The van der Waals surface area contributed by atoms with Gasteiger partial charge in [0.25, 0.3) is 0 Å². The first kappa shape index (κ1) is 10.7. The highest BCUT2D eigenvalue weighted by molar-refractivity contribution is 7.85. The van der Waals surface area contributed by atoms with E-state index in [0.29, 0.717) is 5.69 Å². The van der Waals surface area contributed by atoms with Crippen molar-refractivity contribution in [1.82, 2.24) is 0 Å². The molecule has 4 nitrogen and oxygen atoms in total. The quantitative estimate of drug-likeness (QED) is 0.797. The first-order valence-corrected chi connectivity index (χ1v) is 5.50. The summed E-state index contributed by atoms with van der Waals surface area (Å²) in [4.78, 5) is 10.6. The molecule has 0 saturated carbocycles. The molecule has 0 amide bonds. The maximum Gasteiger partial charge on any atom is 0.335 e. The first-order valence-electron chi connectivity index (χ1n) is 3.94. The molecular weight excluding hydrogens is 202 g/mol. The third kappa shape index (κ3) is 2.56. The van der Waals surface area contributed by atoms with Crippen molar-refractivity contribution >= 4 is 22.6 Å². The molecule has 0 aliphatic rings. The summed E-state index contributed by atoms with van der Waals surface area (Å²) in [7, 11) is -1.14. The second-order valence-corrected chi connectivity index (χ2v) is 4.00. The minimum absolute atomic E-state index is 0.231. The molecule has 1 atom stereocenters. The Morgan fingerprint density at radius 2 is 2.14 bits per heavy atom. The van der Waals surface area contributed by atoms with Gasteiger partial charge in [0.1, 0.15) is 11.0 Å². The number of rotatable bonds is 3. The van der Waals surface area contributed by atoms with Crippen LogP contribution in [0.4, 0.5) is 5.69 Å². The van der Waals surface area contributed by atoms with Gasteiger partial charge in [-0.1, -0.05) is 0 Å². The monoisotopic (exact) mass is 213 g/mol. The third-order valence-electron chi connectivity index (χ3n) is 1.73. The van der Waals surface area contributed by atoms with E-state index < -0.39 is 17.0 Å². The van der Waals surface area contributed by atoms with Gasteiger partial charge in [0.05, 0.1) is 5.56 Å². The molecule has 5 heteroatoms. The van der Waals surface area contributed by atoms with Crippen molar-refractivity contribution in [3.63, 3.8) is 0 Å². The normalized spacial score (nSPS) is 12.1. The molecule has 0 radical (unpaired) electrons. The maximum atomic E-state index is 10.9. The van der Waals surface area contributed by atoms with Crippen LogP contribution in [0.5, 0.6) is 0 Å². The van der Waals surface area contributed by atoms with Gasteiger partial charge >= 0.3 is 5.97 Å². The highest BCUT2D eigenvalue weighted by Crippen LogP contribution is 2.16. The van der Waals surface area contributed by atoms with Gasteiger partial charge in [-0.05, 0) is 30.7 Å². The minimum atomic E-state index is -1.14. The number of hydrogen-bond acceptors (Lipinski definition) is 2. The number of carbonyl (C=O) groups is 1. The largest absolute Gasteiger partial charge is 0.478 e. The van der Waals surface area contributed by atoms with E-state index in [9.17, 15) is 9.00 Å². The fourth-order valence-electron chi connectivity index (χ4n) is 1.07. The zero-order chi connectivity index (χ0) is 10.7. The Morgan fingerprint density at radius 1 is 1.50 bits per heavy atom. The predicted octanol–water partition coefficient (Wildman–Crippen LogP) is 1.40. The van der Waals surface area contributed by atoms with Crippen LogP contribution in [0, 0.1) is 6.92 Å². The zero-order valence-electron chi connectivity index (χ0n) is 7.90. The molecule has 2 N–H and O–H groups in total. The topological polar surface area (TPSA) is 66.4 Å². The summed E-state index contributed by atoms with van der Waals surface area (Å²) in [6.45, 7) is 1.77. The molecule has 0 aromatic heterocycles. The Balaban J connectivity index is 3.01. The number of anilines is 1. The molecule has 1 unspecified atom stereocenters. The highest BCUT2D eigenvalue weighted by atomic mass is 32.2. The first-order chi connectivity index (χ1) is 6.50. The van der Waals surface area contributed by atoms with E-state index in [2.05, 4.69) is 4.72 Å². The summed E-state index contributed by atoms with van der Waals surface area (Å²) in [6, 6.07) is 4.63. The lowest BCUT2D eigenvalue weighted by Crippen LogP contribution is -2.04. The summed E-state index contributed by atoms with van der Waals surface area (Å²) in [5.74, 6) is -0.961. The van der Waals surface area contributed by atoms with Crippen LogP contribution in [-0.4, -0.2) is 21.5 Å². The second kappa shape index (κ2) is 4.23. The number of benzene rings is 1. The van der Waals surface area contributed by atoms with Gasteiger partial charge in [-0.2, -0.15) is 0 Å². The third-order valence-corrected chi connectivity index (χ3v) is 2.23. The van der Waals surface area contributed by atoms with Crippen LogP contribution in [0.25, 0.3) is 0 Å². The Labute approximate surface area is 84.5 Å². The lowest BCUT2D eigenvalue weighted by atomic mass is 10.1. The zero-order valence-corrected chi connectivity index (χ0v) is 8.72. The molecule has 0 bridgehead atoms. The molecule has 1 aromatic carbocycles. The maximum absolute atomic E-state index is 10.9. The number of carboxylic acids is 1. The fourth-order valence-corrected chi connectivity index (χ4v) is 1.60. The number of hydrogen-bond donors (Lipinski definition) is 2. The average Bonchev–Trinajstić information content (AvgIpc) is 2.07. The van der Waals surface area contributed by atoms with Crippen molar-refractivity contribution in [3.05, 3.63) is 29.3 Å². The molecule has 1 aromatic rings. The Bertz CT molecular complexity index is 390. The van der Waals surface area contributed by atoms with Crippen LogP contribution in [0.1, 0.15) is 15.9 Å². The number of nitrogens with one attached hydrogen (secondary N) is 1. The van der Waals surface area contributed by atoms with Crippen molar-refractivity contribution in [1.29, 1.82) is 0 Å². The van der Waals surface area contributed by atoms with Crippen molar-refractivity contribution in [3.8, 4) is 0 Å². The van der Waals surface area contributed by atoms with Gasteiger partial charge in [0, 0.05) is 11.9 Å². The molecular formula is C9H11NO3S. The molecule has 14 heavy (non-hydrogen) atoms. The van der Waals surface area contributed by atoms with Crippen molar-refractivity contribution in [2.24, 2.45) is 0 Å². The van der Waals surface area contributed by atoms with E-state index in [4.69, 9.17) is 5.11 Å². The van der Waals surface area contributed by atoms with Crippen LogP contribution in [0.15, 0.2) is 18.2 Å². The van der Waals surface area contributed by atoms with Crippen LogP contribution in [-0.2, 0) is 11.0 Å². The number of aromatic carboxylic acids is 1. The minimum Gasteiger partial charge on any atom is -0.478 e. The fraction of sp³-hybridized carbons (Fsp3) is 0.222. The Kier molecular flexibility index (Phi) is 3.24. The molecule has 1 rings (SSSR count). The number of aryl methyl sites for hydroxylation is 1. The molecule has 0 saturated heterocycles. The van der Waals surface area contributed by atoms with Crippen LogP contribution in [0.3, 0.4) is 0 Å². The van der Waals surface area contributed by atoms with E-state index in [0.717, 1.165) is 5.56 Å². The van der Waals surface area contributed by atoms with E-state index >= 15 is 0 Å². The van der Waals surface area contributed by atoms with E-state index in [1.54, 1.807) is 13.0 Å². The highest BCUT2D eigenvalue weighted by Gasteiger charge is 2.05. The van der Waals surface area contributed by atoms with E-state index in [1.165, 1.54) is 18.4 Å². The molecule has 0 aliphatic heterocycles. The molecule has 0 spiro atoms. The standard InChI is InChI=1S/C9H11NO3S/c1-6-5-7(9(11)12)3-4-8(6)10-14(2)13/h3-5,10H,1-2H3,(H,11,12). The summed E-state index contributed by atoms with van der Waals surface area (Å²) >= 11 is 0. The summed E-state index contributed by atoms with van der Waals surface area (Å²) in [5, 5.41) is 8.70. The lowest BCUT2D eigenvalue weighted by molar-refractivity contribution is 0.0697.